The molecule has 3 aromatic rings. The Kier molecular flexibility index (Phi) is 8.95. The predicted molar refractivity (Wildman–Crippen MR) is 164 cm³/mol. The van der Waals surface area contributed by atoms with Crippen molar-refractivity contribution in [3.05, 3.63) is 98.2 Å². The molecular formula is C32H33Cl3FN3O2. The number of anilines is 1. The van der Waals surface area contributed by atoms with Crippen LogP contribution in [0.1, 0.15) is 53.6 Å². The highest BCUT2D eigenvalue weighted by molar-refractivity contribution is 6.42. The third kappa shape index (κ3) is 6.41. The number of carbonyl (C=O) groups is 2. The Labute approximate surface area is 255 Å². The van der Waals surface area contributed by atoms with Crippen molar-refractivity contribution in [2.45, 2.75) is 37.5 Å². The maximum atomic E-state index is 14.3. The number of hydrogen-bond donors (Lipinski definition) is 0. The lowest BCUT2D eigenvalue weighted by molar-refractivity contribution is -0.116. The molecule has 216 valence electrons. The standard InChI is InChI=1S/C32H33Cl3FN3O2/c1-21(40)39-20-32(27-18-26(36)7-9-30(27)39)11-14-38(15-12-32)13-10-24(22-6-8-28(34)29(35)17-22)19-37(2)31(41)23-4-3-5-25(33)16-23/h3-9,16-18,24H,10-15,19-20H2,1-2H3. The van der Waals surface area contributed by atoms with Crippen molar-refractivity contribution in [2.75, 3.05) is 44.7 Å². The molecule has 1 unspecified atom stereocenters. The zero-order valence-electron chi connectivity index (χ0n) is 23.2. The van der Waals surface area contributed by atoms with Gasteiger partial charge in [0.2, 0.25) is 5.91 Å². The highest BCUT2D eigenvalue weighted by Gasteiger charge is 2.45. The SMILES string of the molecule is CC(=O)N1CC2(CCN(CCC(CN(C)C(=O)c3cccc(Cl)c3)c3ccc(Cl)c(Cl)c3)CC2)c2cc(F)ccc21. The van der Waals surface area contributed by atoms with Crippen LogP contribution < -0.4 is 4.90 Å². The summed E-state index contributed by atoms with van der Waals surface area (Å²) >= 11 is 18.7. The Morgan fingerprint density at radius 1 is 1.00 bits per heavy atom. The van der Waals surface area contributed by atoms with Gasteiger partial charge >= 0.3 is 0 Å². The molecule has 1 spiro atoms. The van der Waals surface area contributed by atoms with Gasteiger partial charge in [-0.25, -0.2) is 4.39 Å². The minimum absolute atomic E-state index is 0.0157. The smallest absolute Gasteiger partial charge is 0.253 e. The van der Waals surface area contributed by atoms with Crippen LogP contribution in [0.4, 0.5) is 10.1 Å². The number of amides is 2. The molecule has 1 atom stereocenters. The van der Waals surface area contributed by atoms with Crippen LogP contribution in [0.25, 0.3) is 0 Å². The fourth-order valence-electron chi connectivity index (χ4n) is 6.28. The van der Waals surface area contributed by atoms with Gasteiger partial charge in [0.15, 0.2) is 0 Å². The first-order valence-corrected chi connectivity index (χ1v) is 15.0. The summed E-state index contributed by atoms with van der Waals surface area (Å²) < 4.78 is 14.3. The number of likely N-dealkylation sites (tertiary alicyclic amines) is 1. The van der Waals surface area contributed by atoms with Crippen LogP contribution in [0.2, 0.25) is 15.1 Å². The van der Waals surface area contributed by atoms with Crippen LogP contribution in [0.5, 0.6) is 0 Å². The summed E-state index contributed by atoms with van der Waals surface area (Å²) in [6, 6.07) is 17.4. The number of nitrogens with zero attached hydrogens (tertiary/aromatic N) is 3. The molecule has 2 amide bonds. The summed E-state index contributed by atoms with van der Waals surface area (Å²) in [4.78, 5) is 31.5. The molecule has 0 saturated carbocycles. The molecule has 5 nitrogen and oxygen atoms in total. The molecule has 2 heterocycles. The van der Waals surface area contributed by atoms with Gasteiger partial charge in [-0.3, -0.25) is 9.59 Å². The van der Waals surface area contributed by atoms with E-state index >= 15 is 0 Å². The van der Waals surface area contributed by atoms with Gasteiger partial charge in [0.1, 0.15) is 5.82 Å². The highest BCUT2D eigenvalue weighted by Crippen LogP contribution is 2.47. The fraction of sp³-hybridized carbons (Fsp3) is 0.375. The highest BCUT2D eigenvalue weighted by atomic mass is 35.5. The first kappa shape index (κ1) is 29.8. The number of carbonyl (C=O) groups excluding carboxylic acids is 2. The first-order chi connectivity index (χ1) is 19.6. The minimum Gasteiger partial charge on any atom is -0.341 e. The van der Waals surface area contributed by atoms with E-state index in [4.69, 9.17) is 34.8 Å². The summed E-state index contributed by atoms with van der Waals surface area (Å²) in [5.74, 6) is -0.349. The van der Waals surface area contributed by atoms with E-state index in [-0.39, 0.29) is 29.0 Å². The Morgan fingerprint density at radius 2 is 1.76 bits per heavy atom. The van der Waals surface area contributed by atoms with E-state index in [1.54, 1.807) is 66.2 Å². The average molecular weight is 617 g/mol. The van der Waals surface area contributed by atoms with Gasteiger partial charge in [-0.15, -0.1) is 0 Å². The van der Waals surface area contributed by atoms with Crippen LogP contribution in [0.15, 0.2) is 60.7 Å². The van der Waals surface area contributed by atoms with E-state index in [1.165, 1.54) is 6.07 Å². The lowest BCUT2D eigenvalue weighted by Crippen LogP contribution is -2.46. The lowest BCUT2D eigenvalue weighted by atomic mass is 9.74. The number of fused-ring (bicyclic) bond motifs is 2. The summed E-state index contributed by atoms with van der Waals surface area (Å²) in [6.07, 6.45) is 2.50. The monoisotopic (exact) mass is 615 g/mol. The Hall–Kier alpha value is -2.64. The Bertz CT molecular complexity index is 1460. The molecule has 0 aliphatic carbocycles. The van der Waals surface area contributed by atoms with Crippen molar-refractivity contribution in [3.8, 4) is 0 Å². The molecule has 1 fully saturated rings. The summed E-state index contributed by atoms with van der Waals surface area (Å²) in [5.41, 5.74) is 3.12. The van der Waals surface area contributed by atoms with Crippen molar-refractivity contribution in [1.29, 1.82) is 0 Å². The number of rotatable bonds is 7. The molecule has 41 heavy (non-hydrogen) atoms. The number of halogens is 4. The summed E-state index contributed by atoms with van der Waals surface area (Å²) in [7, 11) is 1.80. The normalized spacial score (nSPS) is 17.0. The second-order valence-corrected chi connectivity index (χ2v) is 12.5. The molecule has 2 aliphatic heterocycles. The third-order valence-corrected chi connectivity index (χ3v) is 9.57. The van der Waals surface area contributed by atoms with E-state index in [9.17, 15) is 14.0 Å². The number of likely N-dealkylation sites (N-methyl/N-ethyl adjacent to an activating group) is 1. The average Bonchev–Trinajstić information content (AvgIpc) is 3.26. The summed E-state index contributed by atoms with van der Waals surface area (Å²) in [6.45, 7) is 5.17. The molecule has 1 saturated heterocycles. The van der Waals surface area contributed by atoms with E-state index in [0.29, 0.717) is 33.7 Å². The molecule has 3 aromatic carbocycles. The van der Waals surface area contributed by atoms with Crippen molar-refractivity contribution in [3.63, 3.8) is 0 Å². The van der Waals surface area contributed by atoms with E-state index in [2.05, 4.69) is 4.90 Å². The molecule has 2 aliphatic rings. The van der Waals surface area contributed by atoms with E-state index in [0.717, 1.165) is 55.7 Å². The van der Waals surface area contributed by atoms with Crippen molar-refractivity contribution < 1.29 is 14.0 Å². The zero-order valence-corrected chi connectivity index (χ0v) is 25.4. The largest absolute Gasteiger partial charge is 0.341 e. The van der Waals surface area contributed by atoms with Gasteiger partial charge in [-0.05, 0) is 98.6 Å². The second-order valence-electron chi connectivity index (χ2n) is 11.2. The van der Waals surface area contributed by atoms with Gasteiger partial charge < -0.3 is 14.7 Å². The fourth-order valence-corrected chi connectivity index (χ4v) is 6.77. The van der Waals surface area contributed by atoms with Gasteiger partial charge in [0.25, 0.3) is 5.91 Å². The van der Waals surface area contributed by atoms with Gasteiger partial charge in [-0.1, -0.05) is 46.9 Å². The van der Waals surface area contributed by atoms with Crippen LogP contribution in [-0.4, -0.2) is 61.4 Å². The number of piperidine rings is 1. The Morgan fingerprint density at radius 3 is 2.44 bits per heavy atom. The lowest BCUT2D eigenvalue weighted by Gasteiger charge is -2.40. The minimum atomic E-state index is -0.267. The maximum absolute atomic E-state index is 14.3. The molecule has 5 rings (SSSR count). The van der Waals surface area contributed by atoms with Crippen LogP contribution in [-0.2, 0) is 10.2 Å². The van der Waals surface area contributed by atoms with Crippen LogP contribution in [0.3, 0.4) is 0 Å². The van der Waals surface area contributed by atoms with E-state index < -0.39 is 0 Å². The Balaban J connectivity index is 1.28. The van der Waals surface area contributed by atoms with Crippen molar-refractivity contribution >= 4 is 52.3 Å². The maximum Gasteiger partial charge on any atom is 0.253 e. The van der Waals surface area contributed by atoms with Crippen LogP contribution in [0, 0.1) is 5.82 Å². The van der Waals surface area contributed by atoms with Crippen LogP contribution >= 0.6 is 34.8 Å². The number of hydrogen-bond acceptors (Lipinski definition) is 3. The first-order valence-electron chi connectivity index (χ1n) is 13.8. The summed E-state index contributed by atoms with van der Waals surface area (Å²) in [5, 5.41) is 1.50. The van der Waals surface area contributed by atoms with Crippen molar-refractivity contribution in [2.24, 2.45) is 0 Å². The van der Waals surface area contributed by atoms with Gasteiger partial charge in [-0.2, -0.15) is 0 Å². The molecular weight excluding hydrogens is 584 g/mol. The predicted octanol–water partition coefficient (Wildman–Crippen LogP) is 7.43. The molecule has 0 aromatic heterocycles. The molecule has 0 N–H and O–H groups in total. The molecule has 0 bridgehead atoms. The van der Waals surface area contributed by atoms with Gasteiger partial charge in [0, 0.05) is 54.7 Å². The van der Waals surface area contributed by atoms with Gasteiger partial charge in [0.05, 0.1) is 10.0 Å². The zero-order chi connectivity index (χ0) is 29.3. The quantitative estimate of drug-likeness (QED) is 0.277. The third-order valence-electron chi connectivity index (χ3n) is 8.60. The second kappa shape index (κ2) is 12.3. The number of benzene rings is 3. The molecule has 0 radical (unpaired) electrons. The van der Waals surface area contributed by atoms with E-state index in [1.807, 2.05) is 12.1 Å². The topological polar surface area (TPSA) is 43.9 Å². The molecule has 9 heteroatoms. The van der Waals surface area contributed by atoms with Crippen molar-refractivity contribution in [1.82, 2.24) is 9.80 Å².